The summed E-state index contributed by atoms with van der Waals surface area (Å²) in [5.74, 6) is -0.280. The monoisotopic (exact) mass is 257 g/mol. The fraction of sp³-hybridized carbons (Fsp3) is 0.143. The normalized spacial score (nSPS) is 11.6. The third kappa shape index (κ3) is 3.06. The Morgan fingerprint density at radius 3 is 2.84 bits per heavy atom. The van der Waals surface area contributed by atoms with Crippen LogP contribution < -0.4 is 10.5 Å². The first-order valence-electron chi connectivity index (χ1n) is 5.71. The minimum atomic E-state index is -0.609. The minimum absolute atomic E-state index is 0.0157. The molecule has 2 rings (SSSR count). The largest absolute Gasteiger partial charge is 0.484 e. The lowest BCUT2D eigenvalue weighted by atomic mass is 10.1. The molecule has 5 heteroatoms. The zero-order chi connectivity index (χ0) is 13.7. The van der Waals surface area contributed by atoms with E-state index in [9.17, 15) is 4.39 Å². The Hall–Kier alpha value is -2.45. The lowest BCUT2D eigenvalue weighted by molar-refractivity contribution is 0.213. The van der Waals surface area contributed by atoms with E-state index >= 15 is 0 Å². The van der Waals surface area contributed by atoms with Crippen molar-refractivity contribution >= 4 is 0 Å². The first kappa shape index (κ1) is 13.0. The van der Waals surface area contributed by atoms with Crippen LogP contribution in [0.3, 0.4) is 0 Å². The number of aromatic nitrogens is 1. The van der Waals surface area contributed by atoms with E-state index in [4.69, 9.17) is 15.7 Å². The first-order chi connectivity index (χ1) is 9.24. The van der Waals surface area contributed by atoms with E-state index in [2.05, 4.69) is 4.98 Å². The van der Waals surface area contributed by atoms with Crippen LogP contribution in [0.25, 0.3) is 0 Å². The third-order valence-electron chi connectivity index (χ3n) is 2.61. The predicted molar refractivity (Wildman–Crippen MR) is 67.8 cm³/mol. The van der Waals surface area contributed by atoms with Crippen LogP contribution in [0.2, 0.25) is 0 Å². The molecular formula is C14H12FN3O. The number of pyridine rings is 1. The van der Waals surface area contributed by atoms with Crippen LogP contribution in [-0.2, 0) is 0 Å². The van der Waals surface area contributed by atoms with Crippen molar-refractivity contribution in [3.8, 4) is 11.8 Å². The molecule has 1 unspecified atom stereocenters. The van der Waals surface area contributed by atoms with E-state index in [1.54, 1.807) is 30.6 Å². The number of nitrogens with zero attached hydrogens (tertiary/aromatic N) is 2. The van der Waals surface area contributed by atoms with Crippen LogP contribution in [0.4, 0.5) is 4.39 Å². The highest BCUT2D eigenvalue weighted by molar-refractivity contribution is 5.36. The molecule has 1 aromatic heterocycles. The quantitative estimate of drug-likeness (QED) is 0.911. The molecule has 1 aromatic carbocycles. The Labute approximate surface area is 110 Å². The van der Waals surface area contributed by atoms with Crippen LogP contribution in [-0.4, -0.2) is 11.5 Å². The van der Waals surface area contributed by atoms with Crippen molar-refractivity contribution in [1.82, 2.24) is 4.98 Å². The van der Waals surface area contributed by atoms with Crippen LogP contribution in [0.15, 0.2) is 42.7 Å². The highest BCUT2D eigenvalue weighted by Crippen LogP contribution is 2.22. The fourth-order valence-corrected chi connectivity index (χ4v) is 1.64. The van der Waals surface area contributed by atoms with Gasteiger partial charge in [-0.3, -0.25) is 4.98 Å². The summed E-state index contributed by atoms with van der Waals surface area (Å²) in [5.41, 5.74) is 6.45. The van der Waals surface area contributed by atoms with Crippen molar-refractivity contribution in [2.75, 3.05) is 6.54 Å². The molecule has 0 bridgehead atoms. The molecule has 2 N–H and O–H groups in total. The van der Waals surface area contributed by atoms with Gasteiger partial charge in [0.1, 0.15) is 23.7 Å². The van der Waals surface area contributed by atoms with Gasteiger partial charge in [-0.1, -0.05) is 6.07 Å². The Balaban J connectivity index is 2.20. The second-order valence-electron chi connectivity index (χ2n) is 3.88. The predicted octanol–water partition coefficient (Wildman–Crippen LogP) is 2.17. The average Bonchev–Trinajstić information content (AvgIpc) is 2.46. The summed E-state index contributed by atoms with van der Waals surface area (Å²) in [4.78, 5) is 3.99. The second-order valence-corrected chi connectivity index (χ2v) is 3.88. The van der Waals surface area contributed by atoms with Gasteiger partial charge >= 0.3 is 0 Å². The molecular weight excluding hydrogens is 245 g/mol. The number of hydrogen-bond donors (Lipinski definition) is 1. The topological polar surface area (TPSA) is 71.9 Å². The molecule has 0 aliphatic carbocycles. The fourth-order valence-electron chi connectivity index (χ4n) is 1.64. The number of ether oxygens (including phenoxy) is 1. The molecule has 2 aromatic rings. The van der Waals surface area contributed by atoms with Crippen molar-refractivity contribution in [2.24, 2.45) is 5.73 Å². The van der Waals surface area contributed by atoms with E-state index in [1.807, 2.05) is 6.07 Å². The number of halogens is 1. The van der Waals surface area contributed by atoms with Gasteiger partial charge in [0.2, 0.25) is 0 Å². The zero-order valence-corrected chi connectivity index (χ0v) is 10.1. The number of nitrogens with two attached hydrogens (primary N) is 1. The first-order valence-corrected chi connectivity index (χ1v) is 5.71. The summed E-state index contributed by atoms with van der Waals surface area (Å²) in [5, 5.41) is 8.66. The van der Waals surface area contributed by atoms with Gasteiger partial charge in [0.15, 0.2) is 0 Å². The van der Waals surface area contributed by atoms with E-state index in [0.717, 1.165) is 5.56 Å². The number of benzene rings is 1. The van der Waals surface area contributed by atoms with Gasteiger partial charge < -0.3 is 10.5 Å². The molecule has 0 fully saturated rings. The molecule has 1 heterocycles. The molecule has 0 spiro atoms. The van der Waals surface area contributed by atoms with E-state index in [1.165, 1.54) is 12.1 Å². The van der Waals surface area contributed by atoms with Crippen LogP contribution in [0.5, 0.6) is 5.75 Å². The van der Waals surface area contributed by atoms with Gasteiger partial charge in [0.25, 0.3) is 0 Å². The van der Waals surface area contributed by atoms with Gasteiger partial charge in [-0.2, -0.15) is 5.26 Å². The molecule has 96 valence electrons. The summed E-state index contributed by atoms with van der Waals surface area (Å²) >= 11 is 0. The summed E-state index contributed by atoms with van der Waals surface area (Å²) in [7, 11) is 0. The lowest BCUT2D eigenvalue weighted by Crippen LogP contribution is -2.18. The van der Waals surface area contributed by atoms with Gasteiger partial charge in [-0.25, -0.2) is 4.39 Å². The molecule has 0 radical (unpaired) electrons. The number of nitriles is 1. The van der Waals surface area contributed by atoms with Crippen LogP contribution in [0, 0.1) is 17.1 Å². The van der Waals surface area contributed by atoms with E-state index in [0.29, 0.717) is 5.75 Å². The number of rotatable bonds is 4. The summed E-state index contributed by atoms with van der Waals surface area (Å²) in [6, 6.07) is 9.47. The molecule has 0 saturated carbocycles. The minimum Gasteiger partial charge on any atom is -0.484 e. The summed E-state index contributed by atoms with van der Waals surface area (Å²) < 4.78 is 19.1. The third-order valence-corrected chi connectivity index (χ3v) is 2.61. The smallest absolute Gasteiger partial charge is 0.144 e. The molecule has 0 aliphatic rings. The molecule has 1 atom stereocenters. The van der Waals surface area contributed by atoms with Crippen LogP contribution >= 0.6 is 0 Å². The maximum atomic E-state index is 13.5. The Morgan fingerprint density at radius 2 is 2.26 bits per heavy atom. The molecule has 0 amide bonds. The van der Waals surface area contributed by atoms with Gasteiger partial charge in [-0.05, 0) is 18.2 Å². The van der Waals surface area contributed by atoms with Crippen molar-refractivity contribution in [1.29, 1.82) is 5.26 Å². The maximum Gasteiger partial charge on any atom is 0.144 e. The molecule has 4 nitrogen and oxygen atoms in total. The van der Waals surface area contributed by atoms with Crippen LogP contribution in [0.1, 0.15) is 17.2 Å². The van der Waals surface area contributed by atoms with Crippen molar-refractivity contribution < 1.29 is 9.13 Å². The SMILES string of the molecule is N#Cc1ccc(OC(CN)c2cccnc2)cc1F. The lowest BCUT2D eigenvalue weighted by Gasteiger charge is -2.17. The Morgan fingerprint density at radius 1 is 1.42 bits per heavy atom. The van der Waals surface area contributed by atoms with Crippen molar-refractivity contribution in [2.45, 2.75) is 6.10 Å². The van der Waals surface area contributed by atoms with Gasteiger partial charge in [-0.15, -0.1) is 0 Å². The number of hydrogen-bond acceptors (Lipinski definition) is 4. The van der Waals surface area contributed by atoms with E-state index < -0.39 is 11.9 Å². The highest BCUT2D eigenvalue weighted by atomic mass is 19.1. The van der Waals surface area contributed by atoms with Crippen molar-refractivity contribution in [3.05, 3.63) is 59.7 Å². The molecule has 0 aliphatic heterocycles. The summed E-state index contributed by atoms with van der Waals surface area (Å²) in [6.07, 6.45) is 2.90. The maximum absolute atomic E-state index is 13.5. The highest BCUT2D eigenvalue weighted by Gasteiger charge is 2.12. The summed E-state index contributed by atoms with van der Waals surface area (Å²) in [6.45, 7) is 0.243. The second kappa shape index (κ2) is 5.94. The van der Waals surface area contributed by atoms with E-state index in [-0.39, 0.29) is 12.1 Å². The van der Waals surface area contributed by atoms with Gasteiger partial charge in [0.05, 0.1) is 5.56 Å². The Kier molecular flexibility index (Phi) is 4.06. The standard InChI is InChI=1S/C14H12FN3O/c15-13-6-12(4-3-10(13)7-16)19-14(8-17)11-2-1-5-18-9-11/h1-6,9,14H,8,17H2. The Bertz CT molecular complexity index is 595. The van der Waals surface area contributed by atoms with Gasteiger partial charge in [0, 0.05) is 30.6 Å². The molecule has 0 saturated heterocycles. The van der Waals surface area contributed by atoms with Crippen molar-refractivity contribution in [3.63, 3.8) is 0 Å². The molecule has 19 heavy (non-hydrogen) atoms. The average molecular weight is 257 g/mol. The zero-order valence-electron chi connectivity index (χ0n) is 10.1.